The lowest BCUT2D eigenvalue weighted by Gasteiger charge is -2.29. The monoisotopic (exact) mass is 248 g/mol. The Balaban J connectivity index is 2.03. The van der Waals surface area contributed by atoms with Crippen LogP contribution < -0.4 is 0 Å². The van der Waals surface area contributed by atoms with Gasteiger partial charge in [-0.25, -0.2) is 0 Å². The molecule has 0 unspecified atom stereocenters. The minimum Gasteiger partial charge on any atom is -0.306 e. The number of non-ortho nitro benzene ring substituents is 1. The molecule has 0 spiro atoms. The highest BCUT2D eigenvalue weighted by Gasteiger charge is 2.18. The molecule has 1 saturated heterocycles. The SMILES string of the molecule is Cc1cc([N+](=O)[O-])ccc1CC1CCN(C)CC1. The van der Waals surface area contributed by atoms with Crippen LogP contribution in [0.2, 0.25) is 0 Å². The zero-order chi connectivity index (χ0) is 13.1. The van der Waals surface area contributed by atoms with Crippen molar-refractivity contribution < 1.29 is 4.92 Å². The number of nitro groups is 1. The number of piperidine rings is 1. The van der Waals surface area contributed by atoms with Crippen LogP contribution in [0.1, 0.15) is 24.0 Å². The summed E-state index contributed by atoms with van der Waals surface area (Å²) < 4.78 is 0. The van der Waals surface area contributed by atoms with Crippen LogP contribution in [0.3, 0.4) is 0 Å². The molecule has 0 radical (unpaired) electrons. The maximum Gasteiger partial charge on any atom is 0.269 e. The normalized spacial score (nSPS) is 17.9. The summed E-state index contributed by atoms with van der Waals surface area (Å²) in [5.41, 5.74) is 2.50. The maximum atomic E-state index is 10.7. The molecular weight excluding hydrogens is 228 g/mol. The van der Waals surface area contributed by atoms with Gasteiger partial charge in [0.15, 0.2) is 0 Å². The molecule has 0 atom stereocenters. The molecule has 1 fully saturated rings. The molecule has 0 N–H and O–H groups in total. The summed E-state index contributed by atoms with van der Waals surface area (Å²) in [5, 5.41) is 10.7. The third kappa shape index (κ3) is 3.07. The molecule has 1 aliphatic heterocycles. The average Bonchev–Trinajstić information content (AvgIpc) is 2.34. The van der Waals surface area contributed by atoms with Gasteiger partial charge in [0.1, 0.15) is 0 Å². The predicted octanol–water partition coefficient (Wildman–Crippen LogP) is 2.79. The lowest BCUT2D eigenvalue weighted by molar-refractivity contribution is -0.384. The van der Waals surface area contributed by atoms with E-state index in [-0.39, 0.29) is 10.6 Å². The highest BCUT2D eigenvalue weighted by molar-refractivity contribution is 5.39. The van der Waals surface area contributed by atoms with Crippen molar-refractivity contribution in [1.29, 1.82) is 0 Å². The van der Waals surface area contributed by atoms with E-state index in [0.29, 0.717) is 0 Å². The Morgan fingerprint density at radius 2 is 2.06 bits per heavy atom. The Hall–Kier alpha value is -1.42. The Bertz CT molecular complexity index is 437. The second kappa shape index (κ2) is 5.48. The summed E-state index contributed by atoms with van der Waals surface area (Å²) in [6, 6.07) is 5.23. The molecule has 0 aromatic heterocycles. The number of nitrogens with zero attached hydrogens (tertiary/aromatic N) is 2. The van der Waals surface area contributed by atoms with Crippen molar-refractivity contribution >= 4 is 5.69 Å². The van der Waals surface area contributed by atoms with Gasteiger partial charge in [0.05, 0.1) is 4.92 Å². The summed E-state index contributed by atoms with van der Waals surface area (Å²) in [7, 11) is 2.16. The van der Waals surface area contributed by atoms with Crippen molar-refractivity contribution in [3.05, 3.63) is 39.4 Å². The lowest BCUT2D eigenvalue weighted by atomic mass is 9.89. The Morgan fingerprint density at radius 1 is 1.39 bits per heavy atom. The van der Waals surface area contributed by atoms with Crippen LogP contribution >= 0.6 is 0 Å². The van der Waals surface area contributed by atoms with Crippen LogP contribution in [0.15, 0.2) is 18.2 Å². The highest BCUT2D eigenvalue weighted by atomic mass is 16.6. The lowest BCUT2D eigenvalue weighted by Crippen LogP contribution is -2.31. The molecule has 0 saturated carbocycles. The van der Waals surface area contributed by atoms with Gasteiger partial charge in [-0.3, -0.25) is 10.1 Å². The molecule has 1 aromatic rings. The van der Waals surface area contributed by atoms with E-state index >= 15 is 0 Å². The summed E-state index contributed by atoms with van der Waals surface area (Å²) >= 11 is 0. The highest BCUT2D eigenvalue weighted by Crippen LogP contribution is 2.24. The van der Waals surface area contributed by atoms with Crippen molar-refractivity contribution in [2.75, 3.05) is 20.1 Å². The van der Waals surface area contributed by atoms with Crippen LogP contribution in [0.25, 0.3) is 0 Å². The first kappa shape index (κ1) is 13.0. The molecule has 2 rings (SSSR count). The van der Waals surface area contributed by atoms with E-state index in [9.17, 15) is 10.1 Å². The first-order valence-corrected chi connectivity index (χ1v) is 6.48. The van der Waals surface area contributed by atoms with Gasteiger partial charge in [-0.2, -0.15) is 0 Å². The third-order valence-electron chi connectivity index (χ3n) is 3.88. The minimum absolute atomic E-state index is 0.194. The number of hydrogen-bond donors (Lipinski definition) is 0. The van der Waals surface area contributed by atoms with E-state index in [0.717, 1.165) is 31.0 Å². The van der Waals surface area contributed by atoms with E-state index in [1.807, 2.05) is 13.0 Å². The number of likely N-dealkylation sites (tertiary alicyclic amines) is 1. The Kier molecular flexibility index (Phi) is 3.97. The largest absolute Gasteiger partial charge is 0.306 e. The van der Waals surface area contributed by atoms with Gasteiger partial charge < -0.3 is 4.90 Å². The fourth-order valence-electron chi connectivity index (χ4n) is 2.60. The number of nitro benzene ring substituents is 1. The fourth-order valence-corrected chi connectivity index (χ4v) is 2.60. The first-order valence-electron chi connectivity index (χ1n) is 6.48. The second-order valence-electron chi connectivity index (χ2n) is 5.32. The van der Waals surface area contributed by atoms with Crippen LogP contribution in [0.5, 0.6) is 0 Å². The maximum absolute atomic E-state index is 10.7. The molecule has 1 aliphatic rings. The van der Waals surface area contributed by atoms with Gasteiger partial charge >= 0.3 is 0 Å². The van der Waals surface area contributed by atoms with Gasteiger partial charge in [-0.1, -0.05) is 6.07 Å². The van der Waals surface area contributed by atoms with Gasteiger partial charge in [-0.05, 0) is 63.4 Å². The smallest absolute Gasteiger partial charge is 0.269 e. The number of aryl methyl sites for hydroxylation is 1. The van der Waals surface area contributed by atoms with Crippen molar-refractivity contribution in [2.24, 2.45) is 5.92 Å². The van der Waals surface area contributed by atoms with E-state index < -0.39 is 0 Å². The van der Waals surface area contributed by atoms with Gasteiger partial charge in [-0.15, -0.1) is 0 Å². The minimum atomic E-state index is -0.327. The van der Waals surface area contributed by atoms with Crippen molar-refractivity contribution in [2.45, 2.75) is 26.2 Å². The molecule has 4 heteroatoms. The summed E-state index contributed by atoms with van der Waals surface area (Å²) in [6.45, 7) is 4.30. The van der Waals surface area contributed by atoms with Gasteiger partial charge in [0.25, 0.3) is 5.69 Å². The molecule has 1 heterocycles. The van der Waals surface area contributed by atoms with Crippen LogP contribution in [0.4, 0.5) is 5.69 Å². The van der Waals surface area contributed by atoms with Gasteiger partial charge in [0.2, 0.25) is 0 Å². The van der Waals surface area contributed by atoms with Gasteiger partial charge in [0, 0.05) is 12.1 Å². The summed E-state index contributed by atoms with van der Waals surface area (Å²) in [6.07, 6.45) is 3.51. The van der Waals surface area contributed by atoms with Crippen molar-refractivity contribution in [1.82, 2.24) is 4.90 Å². The molecule has 4 nitrogen and oxygen atoms in total. The molecule has 0 aliphatic carbocycles. The van der Waals surface area contributed by atoms with Crippen molar-refractivity contribution in [3.8, 4) is 0 Å². The van der Waals surface area contributed by atoms with E-state index in [1.54, 1.807) is 12.1 Å². The summed E-state index contributed by atoms with van der Waals surface area (Å²) in [4.78, 5) is 12.7. The Morgan fingerprint density at radius 3 is 2.61 bits per heavy atom. The molecule has 0 amide bonds. The number of benzene rings is 1. The molecule has 18 heavy (non-hydrogen) atoms. The van der Waals surface area contributed by atoms with E-state index in [2.05, 4.69) is 11.9 Å². The van der Waals surface area contributed by atoms with E-state index in [4.69, 9.17) is 0 Å². The van der Waals surface area contributed by atoms with Crippen LogP contribution in [0, 0.1) is 23.0 Å². The molecular formula is C14H20N2O2. The zero-order valence-electron chi connectivity index (χ0n) is 11.1. The van der Waals surface area contributed by atoms with Crippen molar-refractivity contribution in [3.63, 3.8) is 0 Å². The topological polar surface area (TPSA) is 46.4 Å². The second-order valence-corrected chi connectivity index (χ2v) is 5.32. The number of rotatable bonds is 3. The fraction of sp³-hybridized carbons (Fsp3) is 0.571. The van der Waals surface area contributed by atoms with Crippen LogP contribution in [-0.4, -0.2) is 30.0 Å². The molecule has 1 aromatic carbocycles. The number of hydrogen-bond acceptors (Lipinski definition) is 3. The standard InChI is InChI=1S/C14H20N2O2/c1-11-9-14(16(17)18)4-3-13(11)10-12-5-7-15(2)8-6-12/h3-4,9,12H,5-8,10H2,1-2H3. The zero-order valence-corrected chi connectivity index (χ0v) is 11.1. The first-order chi connectivity index (χ1) is 8.56. The molecule has 98 valence electrons. The quantitative estimate of drug-likeness (QED) is 0.610. The molecule has 0 bridgehead atoms. The van der Waals surface area contributed by atoms with E-state index in [1.165, 1.54) is 18.4 Å². The predicted molar refractivity (Wildman–Crippen MR) is 71.8 cm³/mol. The Labute approximate surface area is 108 Å². The van der Waals surface area contributed by atoms with Crippen LogP contribution in [-0.2, 0) is 6.42 Å². The average molecular weight is 248 g/mol. The summed E-state index contributed by atoms with van der Waals surface area (Å²) in [5.74, 6) is 0.723. The third-order valence-corrected chi connectivity index (χ3v) is 3.88.